The lowest BCUT2D eigenvalue weighted by molar-refractivity contribution is -0.133. The van der Waals surface area contributed by atoms with Crippen molar-refractivity contribution in [2.45, 2.75) is 45.8 Å². The molecule has 30 heavy (non-hydrogen) atoms. The van der Waals surface area contributed by atoms with E-state index in [-0.39, 0.29) is 24.2 Å². The molecule has 0 saturated heterocycles. The Morgan fingerprint density at radius 3 is 2.70 bits per heavy atom. The highest BCUT2D eigenvalue weighted by molar-refractivity contribution is 7.16. The van der Waals surface area contributed by atoms with Crippen molar-refractivity contribution in [2.75, 3.05) is 6.54 Å². The van der Waals surface area contributed by atoms with Crippen LogP contribution in [-0.2, 0) is 17.9 Å². The lowest BCUT2D eigenvalue weighted by atomic mass is 9.93. The molecule has 0 saturated carbocycles. The second-order valence-electron chi connectivity index (χ2n) is 8.52. The van der Waals surface area contributed by atoms with Crippen molar-refractivity contribution in [1.82, 2.24) is 14.8 Å². The van der Waals surface area contributed by atoms with Crippen molar-refractivity contribution < 1.29 is 14.0 Å². The minimum absolute atomic E-state index is 0.107. The predicted octanol–water partition coefficient (Wildman–Crippen LogP) is 4.42. The van der Waals surface area contributed by atoms with Crippen LogP contribution in [0.5, 0.6) is 0 Å². The van der Waals surface area contributed by atoms with Crippen LogP contribution in [0.1, 0.15) is 43.2 Å². The van der Waals surface area contributed by atoms with Gasteiger partial charge in [-0.05, 0) is 54.5 Å². The molecule has 7 heteroatoms. The van der Waals surface area contributed by atoms with Crippen molar-refractivity contribution in [1.29, 1.82) is 0 Å². The molecule has 4 rings (SSSR count). The third-order valence-corrected chi connectivity index (χ3v) is 6.77. The molecular formula is C23H26FN3O2S. The van der Waals surface area contributed by atoms with Gasteiger partial charge in [-0.3, -0.25) is 9.59 Å². The summed E-state index contributed by atoms with van der Waals surface area (Å²) < 4.78 is 15.1. The van der Waals surface area contributed by atoms with Crippen molar-refractivity contribution in [3.8, 4) is 0 Å². The van der Waals surface area contributed by atoms with Gasteiger partial charge in [-0.25, -0.2) is 4.39 Å². The third kappa shape index (κ3) is 3.62. The van der Waals surface area contributed by atoms with Gasteiger partial charge in [0.1, 0.15) is 21.9 Å². The van der Waals surface area contributed by atoms with Crippen LogP contribution in [0.25, 0.3) is 10.2 Å². The Bertz CT molecular complexity index is 1090. The Hall–Kier alpha value is -2.67. The van der Waals surface area contributed by atoms with Crippen LogP contribution in [0, 0.1) is 11.7 Å². The molecule has 1 atom stereocenters. The molecule has 5 nitrogen and oxygen atoms in total. The Morgan fingerprint density at radius 2 is 2.00 bits per heavy atom. The molecule has 3 heterocycles. The van der Waals surface area contributed by atoms with E-state index in [0.717, 1.165) is 22.2 Å². The number of aromatic nitrogens is 1. The van der Waals surface area contributed by atoms with Gasteiger partial charge in [-0.15, -0.1) is 11.3 Å². The average Bonchev–Trinajstić information content (AvgIpc) is 3.29. The van der Waals surface area contributed by atoms with Gasteiger partial charge in [0, 0.05) is 18.5 Å². The maximum Gasteiger partial charge on any atom is 0.271 e. The fraction of sp³-hybridized carbons (Fsp3) is 0.391. The monoisotopic (exact) mass is 427 g/mol. The molecule has 3 aromatic rings. The fourth-order valence-electron chi connectivity index (χ4n) is 3.97. The van der Waals surface area contributed by atoms with E-state index in [2.05, 4.69) is 19.2 Å². The molecule has 0 radical (unpaired) electrons. The van der Waals surface area contributed by atoms with Crippen LogP contribution in [0.4, 0.5) is 4.39 Å². The fourth-order valence-corrected chi connectivity index (χ4v) is 4.87. The topological polar surface area (TPSA) is 54.3 Å². The number of benzene rings is 1. The first-order valence-electron chi connectivity index (χ1n) is 10.2. The van der Waals surface area contributed by atoms with E-state index in [4.69, 9.17) is 0 Å². The number of amides is 2. The zero-order chi connectivity index (χ0) is 21.5. The summed E-state index contributed by atoms with van der Waals surface area (Å²) in [6, 6.07) is 9.98. The summed E-state index contributed by atoms with van der Waals surface area (Å²) in [4.78, 5) is 29.5. The molecule has 1 aromatic carbocycles. The highest BCUT2D eigenvalue weighted by Gasteiger charge is 2.47. The summed E-state index contributed by atoms with van der Waals surface area (Å²) in [5, 5.41) is 6.00. The SMILES string of the molecule is CC(C)CCN1C(=O)c2cc3ccsc3n2C[C@@]1(C)C(=O)NCc1ccc(F)cc1. The van der Waals surface area contributed by atoms with Crippen LogP contribution in [0.15, 0.2) is 41.8 Å². The smallest absolute Gasteiger partial charge is 0.271 e. The number of rotatable bonds is 6. The van der Waals surface area contributed by atoms with E-state index in [1.165, 1.54) is 12.1 Å². The average molecular weight is 428 g/mol. The van der Waals surface area contributed by atoms with Gasteiger partial charge in [-0.1, -0.05) is 26.0 Å². The largest absolute Gasteiger partial charge is 0.350 e. The number of carbonyl (C=O) groups is 2. The Morgan fingerprint density at radius 1 is 1.27 bits per heavy atom. The van der Waals surface area contributed by atoms with Gasteiger partial charge < -0.3 is 14.8 Å². The van der Waals surface area contributed by atoms with E-state index in [1.54, 1.807) is 28.4 Å². The number of nitrogens with zero attached hydrogens (tertiary/aromatic N) is 2. The zero-order valence-electron chi connectivity index (χ0n) is 17.4. The quantitative estimate of drug-likeness (QED) is 0.633. The van der Waals surface area contributed by atoms with Crippen molar-refractivity contribution in [3.05, 3.63) is 58.9 Å². The van der Waals surface area contributed by atoms with Crippen LogP contribution in [0.2, 0.25) is 0 Å². The number of nitrogens with one attached hydrogen (secondary N) is 1. The Labute approximate surface area is 179 Å². The predicted molar refractivity (Wildman–Crippen MR) is 117 cm³/mol. The van der Waals surface area contributed by atoms with Crippen molar-refractivity contribution >= 4 is 33.4 Å². The molecule has 1 aliphatic rings. The summed E-state index contributed by atoms with van der Waals surface area (Å²) in [5.74, 6) is -0.200. The molecule has 0 aliphatic carbocycles. The van der Waals surface area contributed by atoms with E-state index < -0.39 is 5.54 Å². The minimum Gasteiger partial charge on any atom is -0.350 e. The highest BCUT2D eigenvalue weighted by Crippen LogP contribution is 2.34. The second kappa shape index (κ2) is 7.87. The molecule has 0 fully saturated rings. The van der Waals surface area contributed by atoms with E-state index >= 15 is 0 Å². The zero-order valence-corrected chi connectivity index (χ0v) is 18.3. The molecule has 1 N–H and O–H groups in total. The highest BCUT2D eigenvalue weighted by atomic mass is 32.1. The van der Waals surface area contributed by atoms with Crippen LogP contribution in [-0.4, -0.2) is 33.4 Å². The summed E-state index contributed by atoms with van der Waals surface area (Å²) in [6.45, 7) is 7.28. The first kappa shape index (κ1) is 20.6. The van der Waals surface area contributed by atoms with E-state index in [0.29, 0.717) is 24.7 Å². The molecule has 0 unspecified atom stereocenters. The maximum atomic E-state index is 13.4. The lowest BCUT2D eigenvalue weighted by Gasteiger charge is -2.44. The summed E-state index contributed by atoms with van der Waals surface area (Å²) in [6.07, 6.45) is 0.821. The van der Waals surface area contributed by atoms with Gasteiger partial charge in [-0.2, -0.15) is 0 Å². The number of carbonyl (C=O) groups excluding carboxylic acids is 2. The molecule has 2 amide bonds. The van der Waals surface area contributed by atoms with Gasteiger partial charge in [0.15, 0.2) is 0 Å². The van der Waals surface area contributed by atoms with Gasteiger partial charge in [0.2, 0.25) is 5.91 Å². The van der Waals surface area contributed by atoms with Crippen LogP contribution < -0.4 is 5.32 Å². The molecule has 1 aliphatic heterocycles. The number of fused-ring (bicyclic) bond motifs is 3. The van der Waals surface area contributed by atoms with Gasteiger partial charge in [0.25, 0.3) is 5.91 Å². The third-order valence-electron chi connectivity index (χ3n) is 5.81. The lowest BCUT2D eigenvalue weighted by Crippen LogP contribution is -2.64. The van der Waals surface area contributed by atoms with Gasteiger partial charge in [0.05, 0.1) is 6.54 Å². The number of halogens is 1. The molecule has 0 spiro atoms. The van der Waals surface area contributed by atoms with Gasteiger partial charge >= 0.3 is 0 Å². The first-order chi connectivity index (χ1) is 14.3. The van der Waals surface area contributed by atoms with Crippen molar-refractivity contribution in [2.24, 2.45) is 5.92 Å². The van der Waals surface area contributed by atoms with E-state index in [9.17, 15) is 14.0 Å². The summed E-state index contributed by atoms with van der Waals surface area (Å²) in [7, 11) is 0. The van der Waals surface area contributed by atoms with Crippen LogP contribution >= 0.6 is 11.3 Å². The van der Waals surface area contributed by atoms with Crippen LogP contribution in [0.3, 0.4) is 0 Å². The Kier molecular flexibility index (Phi) is 5.40. The normalized spacial score (nSPS) is 18.8. The maximum absolute atomic E-state index is 13.4. The first-order valence-corrected chi connectivity index (χ1v) is 11.1. The summed E-state index contributed by atoms with van der Waals surface area (Å²) in [5.41, 5.74) is 0.450. The molecular weight excluding hydrogens is 401 g/mol. The van der Waals surface area contributed by atoms with Crippen molar-refractivity contribution in [3.63, 3.8) is 0 Å². The van der Waals surface area contributed by atoms with E-state index in [1.807, 2.05) is 29.0 Å². The molecule has 158 valence electrons. The summed E-state index contributed by atoms with van der Waals surface area (Å²) >= 11 is 1.58. The molecule has 2 aromatic heterocycles. The Balaban J connectivity index is 1.64. The number of hydrogen-bond donors (Lipinski definition) is 1. The number of hydrogen-bond acceptors (Lipinski definition) is 3. The standard InChI is InChI=1S/C23H26FN3O2S/c1-15(2)8-10-27-20(28)19-12-17-9-11-30-21(17)26(19)14-23(27,3)22(29)25-13-16-4-6-18(24)7-5-16/h4-7,9,11-12,15H,8,10,13-14H2,1-3H3,(H,25,29)/t23-/m0/s1. The minimum atomic E-state index is -1.01. The molecule has 0 bridgehead atoms. The number of thiophene rings is 1. The second-order valence-corrected chi connectivity index (χ2v) is 9.41.